The van der Waals surface area contributed by atoms with E-state index in [1.54, 1.807) is 38.7 Å². The molecule has 11 heteroatoms. The first kappa shape index (κ1) is 32.5. The molecule has 0 saturated carbocycles. The molecule has 0 radical (unpaired) electrons. The number of ether oxygens (including phenoxy) is 2. The van der Waals surface area contributed by atoms with Crippen LogP contribution in [0, 0.1) is 0 Å². The summed E-state index contributed by atoms with van der Waals surface area (Å²) in [6.07, 6.45) is 0.600. The fraction of sp³-hybridized carbons (Fsp3) is 0.516. The van der Waals surface area contributed by atoms with Gasteiger partial charge in [0.15, 0.2) is 0 Å². The lowest BCUT2D eigenvalue weighted by Crippen LogP contribution is -2.56. The summed E-state index contributed by atoms with van der Waals surface area (Å²) in [7, 11) is 0. The number of aromatic nitrogens is 1. The average Bonchev–Trinajstić information content (AvgIpc) is 2.97. The van der Waals surface area contributed by atoms with Crippen LogP contribution in [0.1, 0.15) is 63.0 Å². The Morgan fingerprint density at radius 3 is 2.31 bits per heavy atom. The Hall–Kier alpha value is -3.99. The number of aryl methyl sites for hydroxylation is 1. The lowest BCUT2D eigenvalue weighted by molar-refractivity contribution is -0.155. The average molecular weight is 583 g/mol. The van der Waals surface area contributed by atoms with E-state index in [2.05, 4.69) is 10.3 Å². The summed E-state index contributed by atoms with van der Waals surface area (Å²) in [6.45, 7) is 8.42. The Balaban J connectivity index is 1.81. The van der Waals surface area contributed by atoms with Crippen LogP contribution in [0.2, 0.25) is 0 Å². The first-order valence-corrected chi connectivity index (χ1v) is 14.4. The molecule has 228 valence electrons. The minimum atomic E-state index is -1.01. The molecule has 1 atom stereocenters. The van der Waals surface area contributed by atoms with Crippen molar-refractivity contribution in [3.8, 4) is 11.3 Å². The zero-order chi connectivity index (χ0) is 30.7. The third-order valence-electron chi connectivity index (χ3n) is 6.59. The number of aliphatic hydroxyl groups is 1. The maximum Gasteiger partial charge on any atom is 0.409 e. The van der Waals surface area contributed by atoms with Crippen LogP contribution in [0.5, 0.6) is 0 Å². The molecule has 2 heterocycles. The Morgan fingerprint density at radius 2 is 1.69 bits per heavy atom. The minimum Gasteiger partial charge on any atom is -0.460 e. The van der Waals surface area contributed by atoms with Crippen LogP contribution < -0.4 is 5.32 Å². The number of nitrogens with zero attached hydrogens (tertiary/aromatic N) is 3. The molecule has 3 rings (SSSR count). The highest BCUT2D eigenvalue weighted by atomic mass is 16.6. The van der Waals surface area contributed by atoms with Crippen LogP contribution in [0.25, 0.3) is 11.3 Å². The first-order valence-electron chi connectivity index (χ1n) is 14.4. The van der Waals surface area contributed by atoms with Crippen molar-refractivity contribution >= 4 is 23.9 Å². The van der Waals surface area contributed by atoms with E-state index in [0.29, 0.717) is 31.6 Å². The molecule has 11 nitrogen and oxygen atoms in total. The maximum absolute atomic E-state index is 13.6. The number of esters is 1. The van der Waals surface area contributed by atoms with Crippen LogP contribution in [0.15, 0.2) is 42.5 Å². The number of nitrogens with one attached hydrogen (secondary N) is 1. The van der Waals surface area contributed by atoms with Crippen molar-refractivity contribution in [3.05, 3.63) is 53.7 Å². The fourth-order valence-corrected chi connectivity index (χ4v) is 4.58. The zero-order valence-corrected chi connectivity index (χ0v) is 24.9. The number of carbonyl (C=O) groups excluding carboxylic acids is 4. The van der Waals surface area contributed by atoms with Gasteiger partial charge in [-0.25, -0.2) is 9.78 Å². The van der Waals surface area contributed by atoms with Crippen molar-refractivity contribution in [2.24, 2.45) is 0 Å². The Morgan fingerprint density at radius 1 is 1.02 bits per heavy atom. The van der Waals surface area contributed by atoms with E-state index in [0.717, 1.165) is 11.1 Å². The second-order valence-corrected chi connectivity index (χ2v) is 11.1. The summed E-state index contributed by atoms with van der Waals surface area (Å²) in [5, 5.41) is 12.2. The van der Waals surface area contributed by atoms with E-state index in [1.807, 2.05) is 36.4 Å². The lowest BCUT2D eigenvalue weighted by Gasteiger charge is -2.36. The lowest BCUT2D eigenvalue weighted by atomic mass is 10.0. The van der Waals surface area contributed by atoms with Crippen LogP contribution >= 0.6 is 0 Å². The van der Waals surface area contributed by atoms with E-state index in [9.17, 15) is 24.3 Å². The van der Waals surface area contributed by atoms with E-state index in [4.69, 9.17) is 9.47 Å². The smallest absolute Gasteiger partial charge is 0.409 e. The second-order valence-electron chi connectivity index (χ2n) is 11.1. The molecular weight excluding hydrogens is 540 g/mol. The Bertz CT molecular complexity index is 1220. The number of amides is 3. The summed E-state index contributed by atoms with van der Waals surface area (Å²) in [5.74, 6) is -1.38. The summed E-state index contributed by atoms with van der Waals surface area (Å²) < 4.78 is 10.5. The van der Waals surface area contributed by atoms with Gasteiger partial charge in [-0.15, -0.1) is 0 Å². The van der Waals surface area contributed by atoms with Crippen molar-refractivity contribution in [1.29, 1.82) is 0 Å². The number of piperazine rings is 1. The topological polar surface area (TPSA) is 138 Å². The third kappa shape index (κ3) is 9.83. The minimum absolute atomic E-state index is 0.00912. The molecule has 0 spiro atoms. The molecule has 0 bridgehead atoms. The van der Waals surface area contributed by atoms with Gasteiger partial charge in [-0.05, 0) is 64.7 Å². The van der Waals surface area contributed by atoms with Gasteiger partial charge >= 0.3 is 12.1 Å². The molecular formula is C31H42N4O7. The zero-order valence-electron chi connectivity index (χ0n) is 24.9. The number of hydrogen-bond donors (Lipinski definition) is 2. The molecule has 0 aliphatic carbocycles. The quantitative estimate of drug-likeness (QED) is 0.385. The molecule has 1 aliphatic heterocycles. The summed E-state index contributed by atoms with van der Waals surface area (Å²) in [4.78, 5) is 59.5. The number of rotatable bonds is 11. The van der Waals surface area contributed by atoms with Crippen molar-refractivity contribution in [2.45, 2.75) is 65.0 Å². The van der Waals surface area contributed by atoms with Crippen LogP contribution in [0.3, 0.4) is 0 Å². The van der Waals surface area contributed by atoms with Gasteiger partial charge in [0, 0.05) is 44.8 Å². The van der Waals surface area contributed by atoms with Gasteiger partial charge in [0.1, 0.15) is 17.3 Å². The monoisotopic (exact) mass is 582 g/mol. The van der Waals surface area contributed by atoms with Crippen molar-refractivity contribution in [2.75, 3.05) is 39.4 Å². The molecule has 1 fully saturated rings. The highest BCUT2D eigenvalue weighted by molar-refractivity contribution is 5.97. The molecule has 1 saturated heterocycles. The predicted octanol–water partition coefficient (Wildman–Crippen LogP) is 3.19. The van der Waals surface area contributed by atoms with Gasteiger partial charge in [0.05, 0.1) is 12.3 Å². The molecule has 42 heavy (non-hydrogen) atoms. The van der Waals surface area contributed by atoms with Crippen LogP contribution in [0.4, 0.5) is 4.79 Å². The summed E-state index contributed by atoms with van der Waals surface area (Å²) in [5.41, 5.74) is 1.70. The van der Waals surface area contributed by atoms with Crippen LogP contribution in [-0.4, -0.2) is 94.8 Å². The number of benzene rings is 1. The highest BCUT2D eigenvalue weighted by Gasteiger charge is 2.32. The number of aliphatic hydroxyl groups excluding tert-OH is 1. The fourth-order valence-electron chi connectivity index (χ4n) is 4.58. The molecule has 2 aromatic rings. The van der Waals surface area contributed by atoms with Gasteiger partial charge in [-0.2, -0.15) is 0 Å². The molecule has 1 aliphatic rings. The normalized spacial score (nSPS) is 14.2. The number of carbonyl (C=O) groups is 4. The van der Waals surface area contributed by atoms with Gasteiger partial charge in [-0.1, -0.05) is 30.3 Å². The number of hydrogen-bond acceptors (Lipinski definition) is 8. The van der Waals surface area contributed by atoms with Crippen molar-refractivity contribution in [1.82, 2.24) is 20.1 Å². The molecule has 3 amide bonds. The maximum atomic E-state index is 13.6. The molecule has 0 unspecified atom stereocenters. The highest BCUT2D eigenvalue weighted by Crippen LogP contribution is 2.21. The van der Waals surface area contributed by atoms with E-state index < -0.39 is 29.6 Å². The van der Waals surface area contributed by atoms with Gasteiger partial charge < -0.3 is 29.7 Å². The molecule has 1 aromatic heterocycles. The summed E-state index contributed by atoms with van der Waals surface area (Å²) in [6, 6.07) is 12.0. The van der Waals surface area contributed by atoms with Crippen LogP contribution in [-0.2, 0) is 25.5 Å². The van der Waals surface area contributed by atoms with Gasteiger partial charge in [0.25, 0.3) is 5.91 Å². The SMILES string of the molecule is CCOC(=O)N1CCN(C(=O)[C@H](CCC(=O)OC(C)(C)C)NC(=O)c2cc(CCCO)cc(-c3ccccc3)n2)CC1. The third-order valence-corrected chi connectivity index (χ3v) is 6.59. The first-order chi connectivity index (χ1) is 20.0. The van der Waals surface area contributed by atoms with Crippen molar-refractivity contribution < 1.29 is 33.8 Å². The van der Waals surface area contributed by atoms with E-state index >= 15 is 0 Å². The van der Waals surface area contributed by atoms with Gasteiger partial charge in [-0.3, -0.25) is 14.4 Å². The largest absolute Gasteiger partial charge is 0.460 e. The molecule has 1 aromatic carbocycles. The second kappa shape index (κ2) is 15.3. The Kier molecular flexibility index (Phi) is 11.8. The summed E-state index contributed by atoms with van der Waals surface area (Å²) >= 11 is 0. The van der Waals surface area contributed by atoms with E-state index in [1.165, 1.54) is 4.90 Å². The van der Waals surface area contributed by atoms with Gasteiger partial charge in [0.2, 0.25) is 5.91 Å². The number of pyridine rings is 1. The van der Waals surface area contributed by atoms with E-state index in [-0.39, 0.29) is 50.7 Å². The molecule has 2 N–H and O–H groups in total. The standard InChI is InChI=1S/C31H42N4O7/c1-5-41-30(40)35-17-15-34(16-18-35)29(39)24(13-14-27(37)42-31(2,3)4)33-28(38)26-21-22(10-9-19-36)20-25(32-26)23-11-7-6-8-12-23/h6-8,11-12,20-21,24,36H,5,9-10,13-19H2,1-4H3,(H,33,38)/t24-/m0/s1. The Labute approximate surface area is 247 Å². The predicted molar refractivity (Wildman–Crippen MR) is 157 cm³/mol. The van der Waals surface area contributed by atoms with Crippen molar-refractivity contribution in [3.63, 3.8) is 0 Å².